The van der Waals surface area contributed by atoms with E-state index < -0.39 is 20.7 Å². The van der Waals surface area contributed by atoms with Gasteiger partial charge in [0.25, 0.3) is 0 Å². The molecule has 0 amide bonds. The fraction of sp³-hybridized carbons (Fsp3) is 0.143. The van der Waals surface area contributed by atoms with Crippen molar-refractivity contribution in [3.63, 3.8) is 0 Å². The van der Waals surface area contributed by atoms with Crippen molar-refractivity contribution < 1.29 is 17.5 Å². The second-order valence-electron chi connectivity index (χ2n) is 4.33. The molecule has 0 unspecified atom stereocenters. The highest BCUT2D eigenvalue weighted by Gasteiger charge is 2.21. The van der Waals surface area contributed by atoms with Gasteiger partial charge in [0, 0.05) is 6.54 Å². The molecule has 0 bridgehead atoms. The van der Waals surface area contributed by atoms with Crippen molar-refractivity contribution in [3.05, 3.63) is 53.8 Å². The Balaban J connectivity index is 2.22. The highest BCUT2D eigenvalue weighted by molar-refractivity contribution is 7.89. The Bertz CT molecular complexity index is 727. The van der Waals surface area contributed by atoms with Crippen LogP contribution in [-0.4, -0.2) is 15.5 Å². The van der Waals surface area contributed by atoms with Crippen molar-refractivity contribution in [3.8, 4) is 5.75 Å². The van der Waals surface area contributed by atoms with Crippen LogP contribution in [0.4, 0.5) is 10.1 Å². The van der Waals surface area contributed by atoms with Crippen LogP contribution < -0.4 is 15.2 Å². The Labute approximate surface area is 122 Å². The van der Waals surface area contributed by atoms with Gasteiger partial charge in [0.2, 0.25) is 10.0 Å². The number of halogens is 1. The van der Waals surface area contributed by atoms with Crippen LogP contribution in [0.25, 0.3) is 0 Å². The Morgan fingerprint density at radius 1 is 1.24 bits per heavy atom. The molecule has 0 aliphatic carbocycles. The molecule has 3 N–H and O–H groups in total. The summed E-state index contributed by atoms with van der Waals surface area (Å²) in [5.74, 6) is -0.273. The lowest BCUT2D eigenvalue weighted by Gasteiger charge is -2.10. The number of hydrogen-bond donors (Lipinski definition) is 2. The first kappa shape index (κ1) is 15.3. The Kier molecular flexibility index (Phi) is 4.44. The van der Waals surface area contributed by atoms with Crippen LogP contribution in [-0.2, 0) is 16.6 Å². The van der Waals surface area contributed by atoms with E-state index in [0.717, 1.165) is 6.07 Å². The second kappa shape index (κ2) is 6.11. The summed E-state index contributed by atoms with van der Waals surface area (Å²) in [5.41, 5.74) is 6.10. The molecule has 5 nitrogen and oxygen atoms in total. The predicted octanol–water partition coefficient (Wildman–Crippen LogP) is 1.90. The number of ether oxygens (including phenoxy) is 1. The largest absolute Gasteiger partial charge is 0.497 e. The molecular weight excluding hydrogens is 295 g/mol. The van der Waals surface area contributed by atoms with E-state index in [1.807, 2.05) is 0 Å². The van der Waals surface area contributed by atoms with Gasteiger partial charge >= 0.3 is 0 Å². The van der Waals surface area contributed by atoms with Crippen molar-refractivity contribution in [2.24, 2.45) is 0 Å². The predicted molar refractivity (Wildman–Crippen MR) is 77.8 cm³/mol. The molecule has 0 fully saturated rings. The fourth-order valence-corrected chi connectivity index (χ4v) is 3.05. The van der Waals surface area contributed by atoms with Gasteiger partial charge in [-0.25, -0.2) is 17.5 Å². The topological polar surface area (TPSA) is 81.4 Å². The van der Waals surface area contributed by atoms with Gasteiger partial charge in [-0.2, -0.15) is 0 Å². The van der Waals surface area contributed by atoms with Crippen molar-refractivity contribution >= 4 is 15.7 Å². The molecule has 0 radical (unpaired) electrons. The first-order valence-corrected chi connectivity index (χ1v) is 7.59. The molecule has 2 aromatic carbocycles. The third-order valence-electron chi connectivity index (χ3n) is 2.87. The SMILES string of the molecule is COc1cccc(CNS(=O)(=O)c2c(N)cccc2F)c1. The third-order valence-corrected chi connectivity index (χ3v) is 4.36. The number of benzene rings is 2. The van der Waals surface area contributed by atoms with Crippen molar-refractivity contribution in [1.29, 1.82) is 0 Å². The Hall–Kier alpha value is -2.12. The molecule has 0 aliphatic rings. The lowest BCUT2D eigenvalue weighted by molar-refractivity contribution is 0.414. The van der Waals surface area contributed by atoms with Crippen molar-refractivity contribution in [1.82, 2.24) is 4.72 Å². The van der Waals surface area contributed by atoms with E-state index >= 15 is 0 Å². The zero-order valence-electron chi connectivity index (χ0n) is 11.3. The summed E-state index contributed by atoms with van der Waals surface area (Å²) in [6.07, 6.45) is 0. The van der Waals surface area contributed by atoms with Gasteiger partial charge in [0.1, 0.15) is 16.5 Å². The number of sulfonamides is 1. The number of nitrogens with two attached hydrogens (primary N) is 1. The summed E-state index contributed by atoms with van der Waals surface area (Å²) in [5, 5.41) is 0. The minimum Gasteiger partial charge on any atom is -0.497 e. The lowest BCUT2D eigenvalue weighted by Crippen LogP contribution is -2.25. The first-order chi connectivity index (χ1) is 9.94. The lowest BCUT2D eigenvalue weighted by atomic mass is 10.2. The van der Waals surface area contributed by atoms with Gasteiger partial charge in [-0.3, -0.25) is 0 Å². The Morgan fingerprint density at radius 2 is 1.95 bits per heavy atom. The van der Waals surface area contributed by atoms with E-state index in [9.17, 15) is 12.8 Å². The summed E-state index contributed by atoms with van der Waals surface area (Å²) in [7, 11) is -2.51. The molecule has 0 saturated carbocycles. The van der Waals surface area contributed by atoms with Crippen LogP contribution in [0.15, 0.2) is 47.4 Å². The summed E-state index contributed by atoms with van der Waals surface area (Å²) in [6.45, 7) is 0.00725. The van der Waals surface area contributed by atoms with Gasteiger partial charge in [-0.15, -0.1) is 0 Å². The zero-order chi connectivity index (χ0) is 15.5. The quantitative estimate of drug-likeness (QED) is 0.826. The third kappa shape index (κ3) is 3.50. The van der Waals surface area contributed by atoms with Gasteiger partial charge in [0.15, 0.2) is 0 Å². The van der Waals surface area contributed by atoms with E-state index in [1.165, 1.54) is 19.2 Å². The maximum Gasteiger partial charge on any atom is 0.245 e. The number of nitrogen functional groups attached to an aromatic ring is 1. The number of nitrogens with one attached hydrogen (secondary N) is 1. The molecular formula is C14H15FN2O3S. The Morgan fingerprint density at radius 3 is 2.62 bits per heavy atom. The van der Waals surface area contributed by atoms with Gasteiger partial charge < -0.3 is 10.5 Å². The minimum atomic E-state index is -4.03. The van der Waals surface area contributed by atoms with Crippen LogP contribution in [0.5, 0.6) is 5.75 Å². The van der Waals surface area contributed by atoms with Gasteiger partial charge in [-0.05, 0) is 29.8 Å². The highest BCUT2D eigenvalue weighted by atomic mass is 32.2. The van der Waals surface area contributed by atoms with Crippen LogP contribution in [0.2, 0.25) is 0 Å². The van der Waals surface area contributed by atoms with Crippen LogP contribution in [0, 0.1) is 5.82 Å². The summed E-state index contributed by atoms with van der Waals surface area (Å²) in [4.78, 5) is -0.534. The summed E-state index contributed by atoms with van der Waals surface area (Å²) < 4.78 is 45.3. The molecule has 0 spiro atoms. The molecule has 0 saturated heterocycles. The number of hydrogen-bond acceptors (Lipinski definition) is 4. The van der Waals surface area contributed by atoms with Gasteiger partial charge in [0.05, 0.1) is 12.8 Å². The smallest absolute Gasteiger partial charge is 0.245 e. The molecule has 0 aromatic heterocycles. The van der Waals surface area contributed by atoms with Crippen LogP contribution in [0.3, 0.4) is 0 Å². The van der Waals surface area contributed by atoms with Crippen LogP contribution >= 0.6 is 0 Å². The molecule has 2 rings (SSSR count). The molecule has 0 aliphatic heterocycles. The number of methoxy groups -OCH3 is 1. The monoisotopic (exact) mass is 310 g/mol. The summed E-state index contributed by atoms with van der Waals surface area (Å²) in [6, 6.07) is 10.6. The minimum absolute atomic E-state index is 0.00725. The van der Waals surface area contributed by atoms with Crippen LogP contribution in [0.1, 0.15) is 5.56 Å². The molecule has 112 valence electrons. The van der Waals surface area contributed by atoms with E-state index in [0.29, 0.717) is 11.3 Å². The molecule has 21 heavy (non-hydrogen) atoms. The first-order valence-electron chi connectivity index (χ1n) is 6.10. The maximum absolute atomic E-state index is 13.7. The fourth-order valence-electron chi connectivity index (χ4n) is 1.84. The normalized spacial score (nSPS) is 11.3. The van der Waals surface area contributed by atoms with E-state index in [1.54, 1.807) is 24.3 Å². The zero-order valence-corrected chi connectivity index (χ0v) is 12.2. The molecule has 0 atom stereocenters. The maximum atomic E-state index is 13.7. The van der Waals surface area contributed by atoms with Crippen molar-refractivity contribution in [2.45, 2.75) is 11.4 Å². The highest BCUT2D eigenvalue weighted by Crippen LogP contribution is 2.22. The van der Waals surface area contributed by atoms with E-state index in [2.05, 4.69) is 4.72 Å². The number of rotatable bonds is 5. The van der Waals surface area contributed by atoms with Gasteiger partial charge in [-0.1, -0.05) is 18.2 Å². The molecule has 2 aromatic rings. The van der Waals surface area contributed by atoms with E-state index in [4.69, 9.17) is 10.5 Å². The average molecular weight is 310 g/mol. The molecule has 0 heterocycles. The molecule has 7 heteroatoms. The van der Waals surface area contributed by atoms with Crippen molar-refractivity contribution in [2.75, 3.05) is 12.8 Å². The van der Waals surface area contributed by atoms with E-state index in [-0.39, 0.29) is 12.2 Å². The standard InChI is InChI=1S/C14H15FN2O3S/c1-20-11-5-2-4-10(8-11)9-17-21(18,19)14-12(15)6-3-7-13(14)16/h2-8,17H,9,16H2,1H3. The number of anilines is 1. The summed E-state index contributed by atoms with van der Waals surface area (Å²) >= 11 is 0. The second-order valence-corrected chi connectivity index (χ2v) is 6.04. The average Bonchev–Trinajstić information content (AvgIpc) is 2.45.